The average Bonchev–Trinajstić information content (AvgIpc) is 2.40. The molecule has 1 aliphatic heterocycles. The summed E-state index contributed by atoms with van der Waals surface area (Å²) in [6.45, 7) is 3.67. The van der Waals surface area contributed by atoms with Gasteiger partial charge in [-0.25, -0.2) is 4.79 Å². The molecule has 18 heavy (non-hydrogen) atoms. The second-order valence-electron chi connectivity index (χ2n) is 5.27. The standard InChI is InChI=1S/C15H21NO2/c1-12(11-13-5-3-2-4-6-13)14-7-9-16(10-8-14)15(17)18/h2-6,12,14H,7-11H2,1H3,(H,17,18). The second-order valence-corrected chi connectivity index (χ2v) is 5.27. The van der Waals surface area contributed by atoms with E-state index in [0.29, 0.717) is 24.9 Å². The number of hydrogen-bond acceptors (Lipinski definition) is 1. The molecule has 0 bridgehead atoms. The van der Waals surface area contributed by atoms with Crippen LogP contribution in [0.15, 0.2) is 30.3 Å². The molecule has 1 aromatic rings. The van der Waals surface area contributed by atoms with Gasteiger partial charge >= 0.3 is 6.09 Å². The highest BCUT2D eigenvalue weighted by Gasteiger charge is 2.25. The molecule has 0 aromatic heterocycles. The zero-order valence-electron chi connectivity index (χ0n) is 10.9. The average molecular weight is 247 g/mol. The number of likely N-dealkylation sites (tertiary alicyclic amines) is 1. The summed E-state index contributed by atoms with van der Waals surface area (Å²) in [5.74, 6) is 1.28. The van der Waals surface area contributed by atoms with E-state index in [-0.39, 0.29) is 0 Å². The van der Waals surface area contributed by atoms with Crippen LogP contribution in [0.4, 0.5) is 4.79 Å². The fourth-order valence-electron chi connectivity index (χ4n) is 2.81. The lowest BCUT2D eigenvalue weighted by Gasteiger charge is -2.33. The number of carboxylic acid groups (broad SMARTS) is 1. The Kier molecular flexibility index (Phi) is 4.24. The molecular formula is C15H21NO2. The molecule has 0 saturated carbocycles. The molecule has 1 atom stereocenters. The minimum absolute atomic E-state index is 0.628. The number of carbonyl (C=O) groups is 1. The zero-order chi connectivity index (χ0) is 13.0. The van der Waals surface area contributed by atoms with Crippen LogP contribution in [0.5, 0.6) is 0 Å². The van der Waals surface area contributed by atoms with Gasteiger partial charge in [0.25, 0.3) is 0 Å². The molecule has 1 N–H and O–H groups in total. The van der Waals surface area contributed by atoms with Gasteiger partial charge in [-0.05, 0) is 36.7 Å². The van der Waals surface area contributed by atoms with Gasteiger partial charge in [-0.2, -0.15) is 0 Å². The van der Waals surface area contributed by atoms with Crippen molar-refractivity contribution < 1.29 is 9.90 Å². The largest absolute Gasteiger partial charge is 0.465 e. The third kappa shape index (κ3) is 3.25. The predicted octanol–water partition coefficient (Wildman–Crippen LogP) is 3.26. The molecule has 0 spiro atoms. The Morgan fingerprint density at radius 3 is 2.50 bits per heavy atom. The molecule has 1 aromatic carbocycles. The Bertz CT molecular complexity index is 383. The number of nitrogens with zero attached hydrogens (tertiary/aromatic N) is 1. The lowest BCUT2D eigenvalue weighted by Crippen LogP contribution is -2.39. The Labute approximate surface area is 108 Å². The van der Waals surface area contributed by atoms with E-state index in [0.717, 1.165) is 19.3 Å². The second kappa shape index (κ2) is 5.89. The van der Waals surface area contributed by atoms with E-state index in [1.54, 1.807) is 0 Å². The van der Waals surface area contributed by atoms with Crippen molar-refractivity contribution in [3.63, 3.8) is 0 Å². The molecule has 1 fully saturated rings. The predicted molar refractivity (Wildman–Crippen MR) is 71.6 cm³/mol. The van der Waals surface area contributed by atoms with Crippen LogP contribution in [0.25, 0.3) is 0 Å². The highest BCUT2D eigenvalue weighted by molar-refractivity contribution is 5.64. The van der Waals surface area contributed by atoms with Crippen LogP contribution < -0.4 is 0 Å². The van der Waals surface area contributed by atoms with Crippen molar-refractivity contribution in [2.75, 3.05) is 13.1 Å². The first-order valence-corrected chi connectivity index (χ1v) is 6.68. The Hall–Kier alpha value is -1.51. The van der Waals surface area contributed by atoms with Gasteiger partial charge in [0.05, 0.1) is 0 Å². The minimum atomic E-state index is -0.774. The molecule has 2 rings (SSSR count). The van der Waals surface area contributed by atoms with Crippen LogP contribution in [0.2, 0.25) is 0 Å². The molecule has 0 radical (unpaired) electrons. The lowest BCUT2D eigenvalue weighted by atomic mass is 9.82. The maximum atomic E-state index is 10.8. The summed E-state index contributed by atoms with van der Waals surface area (Å²) < 4.78 is 0. The Morgan fingerprint density at radius 1 is 1.33 bits per heavy atom. The third-order valence-electron chi connectivity index (χ3n) is 4.02. The van der Waals surface area contributed by atoms with E-state index >= 15 is 0 Å². The van der Waals surface area contributed by atoms with Crippen molar-refractivity contribution in [1.29, 1.82) is 0 Å². The van der Waals surface area contributed by atoms with Crippen molar-refractivity contribution in [3.8, 4) is 0 Å². The van der Waals surface area contributed by atoms with Gasteiger partial charge in [-0.3, -0.25) is 0 Å². The van der Waals surface area contributed by atoms with Gasteiger partial charge in [-0.15, -0.1) is 0 Å². The summed E-state index contributed by atoms with van der Waals surface area (Å²) in [6, 6.07) is 10.5. The number of piperidine rings is 1. The first-order valence-electron chi connectivity index (χ1n) is 6.68. The molecule has 1 saturated heterocycles. The summed E-state index contributed by atoms with van der Waals surface area (Å²) in [5, 5.41) is 8.92. The van der Waals surface area contributed by atoms with Crippen LogP contribution in [0, 0.1) is 11.8 Å². The first kappa shape index (κ1) is 12.9. The van der Waals surface area contributed by atoms with Crippen LogP contribution in [0.3, 0.4) is 0 Å². The third-order valence-corrected chi connectivity index (χ3v) is 4.02. The number of hydrogen-bond donors (Lipinski definition) is 1. The molecule has 1 aliphatic rings. The molecule has 3 nitrogen and oxygen atoms in total. The number of rotatable bonds is 3. The van der Waals surface area contributed by atoms with Gasteiger partial charge < -0.3 is 10.0 Å². The van der Waals surface area contributed by atoms with Gasteiger partial charge in [0, 0.05) is 13.1 Å². The quantitative estimate of drug-likeness (QED) is 0.890. The van der Waals surface area contributed by atoms with Gasteiger partial charge in [0.1, 0.15) is 0 Å². The van der Waals surface area contributed by atoms with E-state index in [1.807, 2.05) is 6.07 Å². The van der Waals surface area contributed by atoms with Crippen LogP contribution in [0.1, 0.15) is 25.3 Å². The topological polar surface area (TPSA) is 40.5 Å². The van der Waals surface area contributed by atoms with Crippen molar-refractivity contribution >= 4 is 6.09 Å². The van der Waals surface area contributed by atoms with Crippen molar-refractivity contribution in [1.82, 2.24) is 4.90 Å². The van der Waals surface area contributed by atoms with Crippen molar-refractivity contribution in [2.45, 2.75) is 26.2 Å². The maximum Gasteiger partial charge on any atom is 0.407 e. The van der Waals surface area contributed by atoms with Gasteiger partial charge in [-0.1, -0.05) is 37.3 Å². The molecule has 1 unspecified atom stereocenters. The van der Waals surface area contributed by atoms with Crippen LogP contribution >= 0.6 is 0 Å². The van der Waals surface area contributed by atoms with E-state index in [4.69, 9.17) is 5.11 Å². The Balaban J connectivity index is 1.84. The van der Waals surface area contributed by atoms with Gasteiger partial charge in [0.15, 0.2) is 0 Å². The summed E-state index contributed by atoms with van der Waals surface area (Å²) in [5.41, 5.74) is 1.38. The van der Waals surface area contributed by atoms with Crippen molar-refractivity contribution in [3.05, 3.63) is 35.9 Å². The highest BCUT2D eigenvalue weighted by atomic mass is 16.4. The molecule has 1 amide bonds. The van der Waals surface area contributed by atoms with E-state index in [2.05, 4.69) is 31.2 Å². The summed E-state index contributed by atoms with van der Waals surface area (Å²) in [4.78, 5) is 12.4. The highest BCUT2D eigenvalue weighted by Crippen LogP contribution is 2.27. The fourth-order valence-corrected chi connectivity index (χ4v) is 2.81. The fraction of sp³-hybridized carbons (Fsp3) is 0.533. The molecule has 98 valence electrons. The molecule has 0 aliphatic carbocycles. The van der Waals surface area contributed by atoms with Crippen LogP contribution in [-0.4, -0.2) is 29.2 Å². The minimum Gasteiger partial charge on any atom is -0.465 e. The van der Waals surface area contributed by atoms with E-state index in [9.17, 15) is 4.79 Å². The SMILES string of the molecule is CC(Cc1ccccc1)C1CCN(C(=O)O)CC1. The van der Waals surface area contributed by atoms with Gasteiger partial charge in [0.2, 0.25) is 0 Å². The summed E-state index contributed by atoms with van der Waals surface area (Å²) in [6.07, 6.45) is 2.32. The zero-order valence-corrected chi connectivity index (χ0v) is 10.9. The lowest BCUT2D eigenvalue weighted by molar-refractivity contribution is 0.114. The molecule has 1 heterocycles. The summed E-state index contributed by atoms with van der Waals surface area (Å²) >= 11 is 0. The first-order chi connectivity index (χ1) is 8.66. The Morgan fingerprint density at radius 2 is 1.94 bits per heavy atom. The smallest absolute Gasteiger partial charge is 0.407 e. The monoisotopic (exact) mass is 247 g/mol. The number of benzene rings is 1. The van der Waals surface area contributed by atoms with E-state index in [1.165, 1.54) is 10.5 Å². The van der Waals surface area contributed by atoms with E-state index < -0.39 is 6.09 Å². The molecular weight excluding hydrogens is 226 g/mol. The summed E-state index contributed by atoms with van der Waals surface area (Å²) in [7, 11) is 0. The normalized spacial score (nSPS) is 18.6. The maximum absolute atomic E-state index is 10.8. The van der Waals surface area contributed by atoms with Crippen LogP contribution in [-0.2, 0) is 6.42 Å². The molecule has 3 heteroatoms. The van der Waals surface area contributed by atoms with Crippen molar-refractivity contribution in [2.24, 2.45) is 11.8 Å². The number of amides is 1.